The highest BCUT2D eigenvalue weighted by molar-refractivity contribution is 5.09. The summed E-state index contributed by atoms with van der Waals surface area (Å²) in [7, 11) is 2.02. The first kappa shape index (κ1) is 10.9. The van der Waals surface area contributed by atoms with Crippen molar-refractivity contribution in [2.75, 3.05) is 6.54 Å². The summed E-state index contributed by atoms with van der Waals surface area (Å²) >= 11 is 0. The lowest BCUT2D eigenvalue weighted by molar-refractivity contribution is 0.372. The van der Waals surface area contributed by atoms with Gasteiger partial charge in [0.05, 0.1) is 0 Å². The first-order chi connectivity index (χ1) is 7.74. The molecule has 5 nitrogen and oxygen atoms in total. The van der Waals surface area contributed by atoms with Gasteiger partial charge in [0.25, 0.3) is 0 Å². The van der Waals surface area contributed by atoms with Crippen LogP contribution in [0.2, 0.25) is 0 Å². The van der Waals surface area contributed by atoms with Gasteiger partial charge in [0.2, 0.25) is 5.89 Å². The molecule has 0 aliphatic heterocycles. The summed E-state index contributed by atoms with van der Waals surface area (Å²) in [6, 6.07) is 2.10. The molecule has 2 aromatic heterocycles. The van der Waals surface area contributed by atoms with E-state index in [-0.39, 0.29) is 0 Å². The number of aryl methyl sites for hydroxylation is 2. The average molecular weight is 220 g/mol. The zero-order valence-corrected chi connectivity index (χ0v) is 9.60. The Bertz CT molecular complexity index is 404. The predicted molar refractivity (Wildman–Crippen MR) is 59.9 cm³/mol. The van der Waals surface area contributed by atoms with Crippen LogP contribution in [0.25, 0.3) is 0 Å². The van der Waals surface area contributed by atoms with E-state index < -0.39 is 0 Å². The molecule has 0 unspecified atom stereocenters. The van der Waals surface area contributed by atoms with Gasteiger partial charge in [0.1, 0.15) is 0 Å². The molecular formula is C11H16N4O. The molecule has 1 N–H and O–H groups in total. The molecule has 0 fully saturated rings. The van der Waals surface area contributed by atoms with E-state index in [1.807, 2.05) is 24.7 Å². The number of hydrogen-bond donors (Lipinski definition) is 1. The Morgan fingerprint density at radius 3 is 3.00 bits per heavy atom. The first-order valence-corrected chi connectivity index (χ1v) is 5.35. The minimum atomic E-state index is 0.693. The van der Waals surface area contributed by atoms with E-state index in [1.165, 1.54) is 5.56 Å². The summed E-state index contributed by atoms with van der Waals surface area (Å²) in [4.78, 5) is 4.14. The van der Waals surface area contributed by atoms with Crippen molar-refractivity contribution in [3.8, 4) is 0 Å². The van der Waals surface area contributed by atoms with E-state index >= 15 is 0 Å². The van der Waals surface area contributed by atoms with E-state index in [0.29, 0.717) is 11.7 Å². The molecule has 0 aliphatic rings. The Morgan fingerprint density at radius 2 is 2.38 bits per heavy atom. The summed E-state index contributed by atoms with van der Waals surface area (Å²) < 4.78 is 7.06. The van der Waals surface area contributed by atoms with Crippen LogP contribution in [0.5, 0.6) is 0 Å². The second kappa shape index (κ2) is 4.94. The van der Waals surface area contributed by atoms with Crippen LogP contribution < -0.4 is 5.32 Å². The number of nitrogens with zero attached hydrogens (tertiary/aromatic N) is 3. The molecule has 0 saturated carbocycles. The molecule has 0 amide bonds. The van der Waals surface area contributed by atoms with Crippen LogP contribution in [0.3, 0.4) is 0 Å². The largest absolute Gasteiger partial charge is 0.357 e. The van der Waals surface area contributed by atoms with Crippen molar-refractivity contribution >= 4 is 0 Å². The molecule has 5 heteroatoms. The van der Waals surface area contributed by atoms with E-state index in [4.69, 9.17) is 4.52 Å². The van der Waals surface area contributed by atoms with Gasteiger partial charge in [-0.15, -0.1) is 0 Å². The summed E-state index contributed by atoms with van der Waals surface area (Å²) in [6.07, 6.45) is 4.91. The van der Waals surface area contributed by atoms with E-state index in [0.717, 1.165) is 19.5 Å². The van der Waals surface area contributed by atoms with Gasteiger partial charge in [-0.25, -0.2) is 0 Å². The molecule has 2 rings (SSSR count). The second-order valence-corrected chi connectivity index (χ2v) is 3.85. The lowest BCUT2D eigenvalue weighted by atomic mass is 10.3. The van der Waals surface area contributed by atoms with Crippen LogP contribution in [-0.2, 0) is 20.0 Å². The smallest absolute Gasteiger partial charge is 0.227 e. The van der Waals surface area contributed by atoms with E-state index in [2.05, 4.69) is 27.7 Å². The van der Waals surface area contributed by atoms with Crippen LogP contribution in [0.1, 0.15) is 17.3 Å². The molecule has 2 heterocycles. The molecular weight excluding hydrogens is 204 g/mol. The molecule has 0 radical (unpaired) electrons. The molecule has 0 aromatic carbocycles. The van der Waals surface area contributed by atoms with Crippen LogP contribution in [0.15, 0.2) is 23.0 Å². The Kier molecular flexibility index (Phi) is 3.36. The van der Waals surface area contributed by atoms with Crippen molar-refractivity contribution in [2.24, 2.45) is 7.05 Å². The normalized spacial score (nSPS) is 10.9. The van der Waals surface area contributed by atoms with Gasteiger partial charge in [-0.3, -0.25) is 0 Å². The maximum atomic E-state index is 5.02. The maximum absolute atomic E-state index is 5.02. The fraction of sp³-hybridized carbons (Fsp3) is 0.455. The zero-order chi connectivity index (χ0) is 11.4. The van der Waals surface area contributed by atoms with Gasteiger partial charge < -0.3 is 14.4 Å². The highest BCUT2D eigenvalue weighted by Crippen LogP contribution is 1.99. The maximum Gasteiger partial charge on any atom is 0.227 e. The first-order valence-electron chi connectivity index (χ1n) is 5.35. The molecule has 0 saturated heterocycles. The minimum absolute atomic E-state index is 0.693. The fourth-order valence-corrected chi connectivity index (χ4v) is 1.54. The third-order valence-corrected chi connectivity index (χ3v) is 2.31. The third-order valence-electron chi connectivity index (χ3n) is 2.31. The van der Waals surface area contributed by atoms with Gasteiger partial charge in [-0.2, -0.15) is 4.98 Å². The molecule has 86 valence electrons. The fourth-order valence-electron chi connectivity index (χ4n) is 1.54. The standard InChI is InChI=1S/C11H16N4O/c1-9-13-11(16-14-9)3-5-12-7-10-4-6-15(2)8-10/h4,6,8,12H,3,5,7H2,1-2H3. The second-order valence-electron chi connectivity index (χ2n) is 3.85. The third kappa shape index (κ3) is 2.93. The van der Waals surface area contributed by atoms with Crippen molar-refractivity contribution in [3.05, 3.63) is 35.7 Å². The molecule has 16 heavy (non-hydrogen) atoms. The molecule has 0 atom stereocenters. The number of hydrogen-bond acceptors (Lipinski definition) is 4. The van der Waals surface area contributed by atoms with Gasteiger partial charge >= 0.3 is 0 Å². The number of rotatable bonds is 5. The average Bonchev–Trinajstić information content (AvgIpc) is 2.83. The number of nitrogens with one attached hydrogen (secondary N) is 1. The van der Waals surface area contributed by atoms with Crippen molar-refractivity contribution in [3.63, 3.8) is 0 Å². The highest BCUT2D eigenvalue weighted by atomic mass is 16.5. The predicted octanol–water partition coefficient (Wildman–Crippen LogP) is 1.05. The van der Waals surface area contributed by atoms with Crippen molar-refractivity contribution < 1.29 is 4.52 Å². The summed E-state index contributed by atoms with van der Waals surface area (Å²) in [6.45, 7) is 3.54. The summed E-state index contributed by atoms with van der Waals surface area (Å²) in [5.74, 6) is 1.39. The molecule has 0 spiro atoms. The lowest BCUT2D eigenvalue weighted by Crippen LogP contribution is -2.16. The molecule has 2 aromatic rings. The quantitative estimate of drug-likeness (QED) is 0.765. The van der Waals surface area contributed by atoms with Crippen molar-refractivity contribution in [1.82, 2.24) is 20.0 Å². The Hall–Kier alpha value is -1.62. The Labute approximate surface area is 94.5 Å². The monoisotopic (exact) mass is 220 g/mol. The van der Waals surface area contributed by atoms with E-state index in [1.54, 1.807) is 0 Å². The van der Waals surface area contributed by atoms with Crippen LogP contribution >= 0.6 is 0 Å². The SMILES string of the molecule is Cc1noc(CCNCc2ccn(C)c2)n1. The van der Waals surface area contributed by atoms with Gasteiger partial charge in [0, 0.05) is 39.0 Å². The molecule has 0 bridgehead atoms. The van der Waals surface area contributed by atoms with E-state index in [9.17, 15) is 0 Å². The summed E-state index contributed by atoms with van der Waals surface area (Å²) in [5, 5.41) is 7.07. The van der Waals surface area contributed by atoms with Crippen LogP contribution in [0.4, 0.5) is 0 Å². The van der Waals surface area contributed by atoms with Gasteiger partial charge in [-0.1, -0.05) is 5.16 Å². The zero-order valence-electron chi connectivity index (χ0n) is 9.60. The lowest BCUT2D eigenvalue weighted by Gasteiger charge is -1.99. The van der Waals surface area contributed by atoms with Gasteiger partial charge in [0.15, 0.2) is 5.82 Å². The Morgan fingerprint density at radius 1 is 1.50 bits per heavy atom. The molecule has 0 aliphatic carbocycles. The van der Waals surface area contributed by atoms with Crippen LogP contribution in [0, 0.1) is 6.92 Å². The minimum Gasteiger partial charge on any atom is -0.357 e. The van der Waals surface area contributed by atoms with Gasteiger partial charge in [-0.05, 0) is 18.6 Å². The highest BCUT2D eigenvalue weighted by Gasteiger charge is 2.01. The van der Waals surface area contributed by atoms with Crippen molar-refractivity contribution in [1.29, 1.82) is 0 Å². The number of aromatic nitrogens is 3. The Balaban J connectivity index is 1.69. The van der Waals surface area contributed by atoms with Crippen LogP contribution in [-0.4, -0.2) is 21.3 Å². The topological polar surface area (TPSA) is 55.9 Å². The van der Waals surface area contributed by atoms with Crippen molar-refractivity contribution in [2.45, 2.75) is 19.9 Å². The summed E-state index contributed by atoms with van der Waals surface area (Å²) in [5.41, 5.74) is 1.28.